The van der Waals surface area contributed by atoms with Crippen LogP contribution < -0.4 is 20.3 Å². The van der Waals surface area contributed by atoms with Gasteiger partial charge in [0, 0.05) is 19.2 Å². The van der Waals surface area contributed by atoms with E-state index >= 15 is 0 Å². The third kappa shape index (κ3) is 7.56. The molecule has 14 heteroatoms. The predicted octanol–water partition coefficient (Wildman–Crippen LogP) is 1.00. The standard InChI is InChI=1S/C22H26N4O7S3/c1-2-33-18-6-10-19(11-7-18)35(28,29)25-24-22(34)23-21(27)12-5-17-3-8-20(9-4-17)36(30,31)26-13-15-32-16-14-26/h3-12,25H,2,13-16H2,1H3,(H2,23,24,27,34)/b12-5+. The summed E-state index contributed by atoms with van der Waals surface area (Å²) in [6.45, 7) is 3.58. The Hall–Kier alpha value is -2.88. The first-order valence-corrected chi connectivity index (χ1v) is 14.2. The van der Waals surface area contributed by atoms with Crippen LogP contribution in [0.2, 0.25) is 0 Å². The largest absolute Gasteiger partial charge is 0.494 e. The van der Waals surface area contributed by atoms with E-state index < -0.39 is 26.0 Å². The summed E-state index contributed by atoms with van der Waals surface area (Å²) in [5.41, 5.74) is 2.85. The predicted molar refractivity (Wildman–Crippen MR) is 137 cm³/mol. The summed E-state index contributed by atoms with van der Waals surface area (Å²) < 4.78 is 61.9. The molecule has 0 unspecified atom stereocenters. The van der Waals surface area contributed by atoms with Crippen LogP contribution in [0.25, 0.3) is 6.08 Å². The Bertz CT molecular complexity index is 1300. The molecule has 2 aromatic rings. The van der Waals surface area contributed by atoms with Crippen LogP contribution in [0.1, 0.15) is 12.5 Å². The Morgan fingerprint density at radius 2 is 1.64 bits per heavy atom. The number of rotatable bonds is 9. The van der Waals surface area contributed by atoms with Gasteiger partial charge >= 0.3 is 0 Å². The van der Waals surface area contributed by atoms with Gasteiger partial charge in [-0.25, -0.2) is 16.8 Å². The molecule has 194 valence electrons. The highest BCUT2D eigenvalue weighted by atomic mass is 32.2. The highest BCUT2D eigenvalue weighted by Crippen LogP contribution is 2.18. The van der Waals surface area contributed by atoms with Crippen molar-refractivity contribution in [3.05, 3.63) is 60.2 Å². The number of carbonyl (C=O) groups is 1. The number of hydrogen-bond donors (Lipinski definition) is 3. The number of hydrazine groups is 1. The van der Waals surface area contributed by atoms with Crippen molar-refractivity contribution in [2.24, 2.45) is 0 Å². The summed E-state index contributed by atoms with van der Waals surface area (Å²) in [6, 6.07) is 11.8. The molecule has 1 fully saturated rings. The smallest absolute Gasteiger partial charge is 0.257 e. The van der Waals surface area contributed by atoms with Crippen LogP contribution in [0.4, 0.5) is 0 Å². The molecule has 3 N–H and O–H groups in total. The summed E-state index contributed by atoms with van der Waals surface area (Å²) in [7, 11) is -7.54. The van der Waals surface area contributed by atoms with Gasteiger partial charge in [0.15, 0.2) is 5.11 Å². The SMILES string of the molecule is CCOc1ccc(S(=O)(=O)NNC(=S)NC(=O)/C=C/c2ccc(S(=O)(=O)N3CCOCC3)cc2)cc1. The van der Waals surface area contributed by atoms with Crippen LogP contribution in [0.5, 0.6) is 5.75 Å². The van der Waals surface area contributed by atoms with Gasteiger partial charge < -0.3 is 9.47 Å². The number of hydrogen-bond acceptors (Lipinski definition) is 8. The van der Waals surface area contributed by atoms with Crippen LogP contribution in [-0.4, -0.2) is 65.1 Å². The molecule has 0 atom stereocenters. The Morgan fingerprint density at radius 3 is 2.25 bits per heavy atom. The van der Waals surface area contributed by atoms with Crippen molar-refractivity contribution in [1.82, 2.24) is 19.9 Å². The minimum atomic E-state index is -3.94. The van der Waals surface area contributed by atoms with E-state index in [9.17, 15) is 21.6 Å². The minimum Gasteiger partial charge on any atom is -0.494 e. The summed E-state index contributed by atoms with van der Waals surface area (Å²) in [5.74, 6) is -0.0786. The summed E-state index contributed by atoms with van der Waals surface area (Å²) in [6.07, 6.45) is 2.65. The Labute approximate surface area is 215 Å². The molecule has 2 aromatic carbocycles. The van der Waals surface area contributed by atoms with Gasteiger partial charge in [0.1, 0.15) is 5.75 Å². The molecule has 0 saturated carbocycles. The molecule has 11 nitrogen and oxygen atoms in total. The van der Waals surface area contributed by atoms with E-state index in [1.54, 1.807) is 12.1 Å². The van der Waals surface area contributed by atoms with Crippen LogP contribution >= 0.6 is 12.2 Å². The number of thiocarbonyl (C=S) groups is 1. The topological polar surface area (TPSA) is 143 Å². The second-order valence-corrected chi connectivity index (χ2v) is 11.4. The van der Waals surface area contributed by atoms with E-state index in [4.69, 9.17) is 21.7 Å². The molecule has 1 saturated heterocycles. The van der Waals surface area contributed by atoms with E-state index in [-0.39, 0.29) is 14.9 Å². The van der Waals surface area contributed by atoms with Gasteiger partial charge in [-0.15, -0.1) is 4.83 Å². The van der Waals surface area contributed by atoms with Gasteiger partial charge in [-0.2, -0.15) is 4.31 Å². The zero-order chi connectivity index (χ0) is 26.2. The van der Waals surface area contributed by atoms with Gasteiger partial charge in [0.05, 0.1) is 29.6 Å². The van der Waals surface area contributed by atoms with Crippen LogP contribution in [0.15, 0.2) is 64.4 Å². The Morgan fingerprint density at radius 1 is 1.03 bits per heavy atom. The zero-order valence-electron chi connectivity index (χ0n) is 19.3. The fourth-order valence-corrected chi connectivity index (χ4v) is 5.57. The lowest BCUT2D eigenvalue weighted by Gasteiger charge is -2.26. The number of nitrogens with zero attached hydrogens (tertiary/aromatic N) is 1. The maximum atomic E-state index is 12.7. The molecule has 0 aliphatic carbocycles. The number of amides is 1. The second-order valence-electron chi connectivity index (χ2n) is 7.37. The van der Waals surface area contributed by atoms with Crippen molar-refractivity contribution in [1.29, 1.82) is 0 Å². The van der Waals surface area contributed by atoms with E-state index in [2.05, 4.69) is 15.6 Å². The van der Waals surface area contributed by atoms with Gasteiger partial charge in [0.25, 0.3) is 10.0 Å². The first kappa shape index (κ1) is 27.7. The zero-order valence-corrected chi connectivity index (χ0v) is 21.8. The quantitative estimate of drug-likeness (QED) is 0.235. The molecule has 36 heavy (non-hydrogen) atoms. The van der Waals surface area contributed by atoms with Crippen LogP contribution in [-0.2, 0) is 29.6 Å². The molecule has 0 bridgehead atoms. The summed E-state index contributed by atoms with van der Waals surface area (Å²) in [5, 5.41) is 2.05. The first-order chi connectivity index (χ1) is 17.1. The molecule has 0 aromatic heterocycles. The Kier molecular flexibility index (Phi) is 9.53. The fraction of sp³-hybridized carbons (Fsp3) is 0.273. The van der Waals surface area contributed by atoms with E-state index in [1.807, 2.05) is 6.92 Å². The van der Waals surface area contributed by atoms with Crippen LogP contribution in [0, 0.1) is 0 Å². The van der Waals surface area contributed by atoms with Crippen LogP contribution in [0.3, 0.4) is 0 Å². The lowest BCUT2D eigenvalue weighted by molar-refractivity contribution is -0.115. The van der Waals surface area contributed by atoms with Crippen molar-refractivity contribution in [3.63, 3.8) is 0 Å². The molecular formula is C22H26N4O7S3. The summed E-state index contributed by atoms with van der Waals surface area (Å²) >= 11 is 4.95. The molecule has 1 heterocycles. The molecule has 0 radical (unpaired) electrons. The van der Waals surface area contributed by atoms with Gasteiger partial charge in [-0.1, -0.05) is 12.1 Å². The molecular weight excluding hydrogens is 528 g/mol. The maximum Gasteiger partial charge on any atom is 0.257 e. The fourth-order valence-electron chi connectivity index (χ4n) is 3.10. The molecule has 0 spiro atoms. The third-order valence-electron chi connectivity index (χ3n) is 4.90. The Balaban J connectivity index is 1.50. The monoisotopic (exact) mass is 554 g/mol. The van der Waals surface area contributed by atoms with Crippen molar-refractivity contribution >= 4 is 49.4 Å². The second kappa shape index (κ2) is 12.4. The third-order valence-corrected chi connectivity index (χ3v) is 8.28. The van der Waals surface area contributed by atoms with E-state index in [0.29, 0.717) is 44.2 Å². The minimum absolute atomic E-state index is 0.0217. The number of sulfonamides is 2. The van der Waals surface area contributed by atoms with Gasteiger partial charge in [-0.3, -0.25) is 15.5 Å². The highest BCUT2D eigenvalue weighted by molar-refractivity contribution is 7.89. The normalized spacial score (nSPS) is 14.9. The lowest BCUT2D eigenvalue weighted by atomic mass is 10.2. The number of benzene rings is 2. The number of morpholine rings is 1. The molecule has 1 aliphatic heterocycles. The van der Waals surface area contributed by atoms with E-state index in [1.165, 1.54) is 52.9 Å². The van der Waals surface area contributed by atoms with Gasteiger partial charge in [0.2, 0.25) is 15.9 Å². The summed E-state index contributed by atoms with van der Waals surface area (Å²) in [4.78, 5) is 14.3. The number of nitrogens with one attached hydrogen (secondary N) is 3. The average Bonchev–Trinajstić information content (AvgIpc) is 2.88. The average molecular weight is 555 g/mol. The lowest BCUT2D eigenvalue weighted by Crippen LogP contribution is -2.48. The molecule has 1 amide bonds. The van der Waals surface area contributed by atoms with Crippen molar-refractivity contribution in [2.45, 2.75) is 16.7 Å². The van der Waals surface area contributed by atoms with E-state index in [0.717, 1.165) is 0 Å². The number of ether oxygens (including phenoxy) is 2. The van der Waals surface area contributed by atoms with Crippen molar-refractivity contribution in [2.75, 3.05) is 32.9 Å². The number of carbonyl (C=O) groups excluding carboxylic acids is 1. The van der Waals surface area contributed by atoms with Crippen molar-refractivity contribution < 1.29 is 31.1 Å². The van der Waals surface area contributed by atoms with Crippen molar-refractivity contribution in [3.8, 4) is 5.75 Å². The highest BCUT2D eigenvalue weighted by Gasteiger charge is 2.26. The molecule has 3 rings (SSSR count). The van der Waals surface area contributed by atoms with Gasteiger partial charge in [-0.05, 0) is 67.2 Å². The molecule has 1 aliphatic rings. The first-order valence-electron chi connectivity index (χ1n) is 10.8. The maximum absolute atomic E-state index is 12.7.